The first-order chi connectivity index (χ1) is 33.7. The van der Waals surface area contributed by atoms with Gasteiger partial charge in [0.1, 0.15) is 0 Å². The van der Waals surface area contributed by atoms with Gasteiger partial charge in [0.2, 0.25) is 0 Å². The van der Waals surface area contributed by atoms with Crippen LogP contribution in [-0.4, -0.2) is 50.6 Å². The summed E-state index contributed by atoms with van der Waals surface area (Å²) in [5.41, 5.74) is -0.413. The molecule has 0 saturated heterocycles. The third kappa shape index (κ3) is 10.1. The SMILES string of the molecule is CN([C@@H](c1ccccc1)C([C@](C)(C[PH](O)(c1ccccc1)c1ccccc1)N(C)P(c1ccccc1)c1ccccc1)[PH](O)(c1ccccc1)c1ccccc1)P(c1ccccc1)c1ccccc1. The fourth-order valence-corrected chi connectivity index (χ4v) is 24.4. The van der Waals surface area contributed by atoms with Crippen molar-refractivity contribution in [3.05, 3.63) is 279 Å². The van der Waals surface area contributed by atoms with Crippen LogP contribution >= 0.6 is 31.1 Å². The Morgan fingerprint density at radius 2 is 0.667 bits per heavy atom. The van der Waals surface area contributed by atoms with Crippen LogP contribution in [0, 0.1) is 0 Å². The van der Waals surface area contributed by atoms with E-state index in [2.05, 4.69) is 291 Å². The number of hydrogen-bond donors (Lipinski definition) is 2. The predicted octanol–water partition coefficient (Wildman–Crippen LogP) is 10.4. The molecule has 0 saturated carbocycles. The first-order valence-corrected chi connectivity index (χ1v) is 30.5. The minimum absolute atomic E-state index is 0.369. The van der Waals surface area contributed by atoms with Crippen molar-refractivity contribution < 1.29 is 9.79 Å². The van der Waals surface area contributed by atoms with Crippen LogP contribution in [0.15, 0.2) is 273 Å². The Bertz CT molecular complexity index is 2790. The van der Waals surface area contributed by atoms with Gasteiger partial charge in [0.25, 0.3) is 0 Å². The van der Waals surface area contributed by atoms with Gasteiger partial charge < -0.3 is 0 Å². The second-order valence-electron chi connectivity index (χ2n) is 18.0. The van der Waals surface area contributed by atoms with Crippen LogP contribution in [-0.2, 0) is 0 Å². The van der Waals surface area contributed by atoms with Crippen molar-refractivity contribution in [2.24, 2.45) is 0 Å². The molecule has 0 spiro atoms. The molecule has 0 aliphatic heterocycles. The number of benzene rings is 9. The van der Waals surface area contributed by atoms with E-state index in [0.717, 1.165) is 26.8 Å². The van der Waals surface area contributed by atoms with E-state index in [4.69, 9.17) is 0 Å². The zero-order chi connectivity index (χ0) is 47.7. The Kier molecular flexibility index (Phi) is 15.5. The quantitative estimate of drug-likeness (QED) is 0.0842. The van der Waals surface area contributed by atoms with Crippen molar-refractivity contribution in [1.29, 1.82) is 0 Å². The summed E-state index contributed by atoms with van der Waals surface area (Å²) in [7, 11) is -5.76. The second-order valence-corrected chi connectivity index (χ2v) is 29.1. The molecule has 0 radical (unpaired) electrons. The van der Waals surface area contributed by atoms with Crippen LogP contribution in [0.2, 0.25) is 0 Å². The predicted molar refractivity (Wildman–Crippen MR) is 305 cm³/mol. The van der Waals surface area contributed by atoms with Gasteiger partial charge in [0, 0.05) is 0 Å². The van der Waals surface area contributed by atoms with E-state index < -0.39 is 48.4 Å². The summed E-state index contributed by atoms with van der Waals surface area (Å²) < 4.78 is 5.22. The molecule has 0 fully saturated rings. The van der Waals surface area contributed by atoms with Gasteiger partial charge in [0.05, 0.1) is 0 Å². The number of nitrogens with zero attached hydrogens (tertiary/aromatic N) is 2. The summed E-state index contributed by atoms with van der Waals surface area (Å²) in [4.78, 5) is 29.7. The Morgan fingerprint density at radius 3 is 1.00 bits per heavy atom. The topological polar surface area (TPSA) is 46.9 Å². The third-order valence-corrected chi connectivity index (χ3v) is 27.0. The van der Waals surface area contributed by atoms with Gasteiger partial charge in [-0.3, -0.25) is 0 Å². The molecule has 0 amide bonds. The minimum atomic E-state index is -4.09. The number of hydrogen-bond acceptors (Lipinski definition) is 4. The zero-order valence-corrected chi connectivity index (χ0v) is 43.3. The summed E-state index contributed by atoms with van der Waals surface area (Å²) in [6, 6.07) is 95.9. The molecule has 0 aliphatic rings. The van der Waals surface area contributed by atoms with Crippen LogP contribution in [0.5, 0.6) is 0 Å². The third-order valence-electron chi connectivity index (χ3n) is 13.9. The molecule has 4 nitrogen and oxygen atoms in total. The molecule has 8 heteroatoms. The molecular formula is C61H62N2O2P4. The van der Waals surface area contributed by atoms with Crippen molar-refractivity contribution in [2.75, 3.05) is 20.3 Å². The average Bonchev–Trinajstić information content (AvgIpc) is 3.42. The normalized spacial score (nSPS) is 14.3. The van der Waals surface area contributed by atoms with Crippen molar-refractivity contribution in [2.45, 2.75) is 24.2 Å². The Morgan fingerprint density at radius 1 is 0.391 bits per heavy atom. The standard InChI is InChI=1S/C61H62N2O2P4/c1-61(49-68(64,55-41-23-9-24-42-55)56-43-25-10-26-44-56,63(3)67(53-37-19-7-20-38-53)54-39-21-8-22-40-54)60(69(65,57-45-27-11-28-46-57)58-47-29-12-30-48-58)59(50-31-13-4-14-32-50)62(2)66(51-33-15-5-16-34-51)52-35-17-6-18-36-52/h4-48,59-60,64-65,68-69H,49H2,1-3H3/t59-,60?,61-/m0/s1. The number of rotatable bonds is 18. The van der Waals surface area contributed by atoms with Crippen LogP contribution in [0.25, 0.3) is 0 Å². The first kappa shape index (κ1) is 48.6. The fourth-order valence-electron chi connectivity index (χ4n) is 10.6. The maximum atomic E-state index is 15.3. The van der Waals surface area contributed by atoms with E-state index in [9.17, 15) is 4.89 Å². The molecule has 0 bridgehead atoms. The molecular weight excluding hydrogens is 917 g/mol. The van der Waals surface area contributed by atoms with Gasteiger partial charge in [-0.05, 0) is 0 Å². The molecule has 1 unspecified atom stereocenters. The van der Waals surface area contributed by atoms with Crippen molar-refractivity contribution in [1.82, 2.24) is 9.34 Å². The van der Waals surface area contributed by atoms with E-state index in [1.165, 1.54) is 21.2 Å². The molecule has 0 heterocycles. The van der Waals surface area contributed by atoms with Crippen molar-refractivity contribution in [3.63, 3.8) is 0 Å². The summed E-state index contributed by atoms with van der Waals surface area (Å²) in [5.74, 6) is 0. The van der Waals surface area contributed by atoms with Crippen molar-refractivity contribution >= 4 is 73.6 Å². The van der Waals surface area contributed by atoms with Crippen LogP contribution in [0.4, 0.5) is 0 Å². The molecule has 69 heavy (non-hydrogen) atoms. The van der Waals surface area contributed by atoms with E-state index in [1.54, 1.807) is 0 Å². The Balaban J connectivity index is 1.45. The van der Waals surface area contributed by atoms with E-state index >= 15 is 4.89 Å². The summed E-state index contributed by atoms with van der Waals surface area (Å²) >= 11 is 0. The Hall–Kier alpha value is -5.46. The van der Waals surface area contributed by atoms with Crippen LogP contribution in [0.1, 0.15) is 18.5 Å². The molecule has 0 aromatic heterocycles. The molecule has 3 atom stereocenters. The van der Waals surface area contributed by atoms with E-state index in [1.807, 2.05) is 12.1 Å². The van der Waals surface area contributed by atoms with Gasteiger partial charge in [-0.1, -0.05) is 0 Å². The van der Waals surface area contributed by atoms with E-state index in [0.29, 0.717) is 6.16 Å². The van der Waals surface area contributed by atoms with Gasteiger partial charge in [-0.15, -0.1) is 0 Å². The average molecular weight is 979 g/mol. The van der Waals surface area contributed by atoms with Gasteiger partial charge in [-0.2, -0.15) is 0 Å². The van der Waals surface area contributed by atoms with Crippen molar-refractivity contribution in [3.8, 4) is 0 Å². The summed E-state index contributed by atoms with van der Waals surface area (Å²) in [5, 5.41) is 8.54. The van der Waals surface area contributed by atoms with Gasteiger partial charge >= 0.3 is 416 Å². The molecule has 348 valence electrons. The molecule has 2 N–H and O–H groups in total. The summed E-state index contributed by atoms with van der Waals surface area (Å²) in [6.07, 6.45) is 0.369. The van der Waals surface area contributed by atoms with E-state index in [-0.39, 0.29) is 0 Å². The molecule has 9 aromatic rings. The fraction of sp³-hybridized carbons (Fsp3) is 0.115. The maximum absolute atomic E-state index is 15.3. The van der Waals surface area contributed by atoms with Crippen LogP contribution in [0.3, 0.4) is 0 Å². The van der Waals surface area contributed by atoms with Crippen LogP contribution < -0.4 is 42.4 Å². The molecule has 9 rings (SSSR count). The van der Waals surface area contributed by atoms with Gasteiger partial charge in [-0.25, -0.2) is 0 Å². The first-order valence-electron chi connectivity index (χ1n) is 23.7. The Labute approximate surface area is 413 Å². The molecule has 9 aromatic carbocycles. The molecule has 0 aliphatic carbocycles. The van der Waals surface area contributed by atoms with Gasteiger partial charge in [0.15, 0.2) is 0 Å². The second kappa shape index (κ2) is 22.1. The zero-order valence-electron chi connectivity index (χ0n) is 39.5. The monoisotopic (exact) mass is 978 g/mol. The summed E-state index contributed by atoms with van der Waals surface area (Å²) in [6.45, 7) is 2.39.